The summed E-state index contributed by atoms with van der Waals surface area (Å²) in [5, 5.41) is 10.8. The predicted octanol–water partition coefficient (Wildman–Crippen LogP) is 1.23. The second-order valence-corrected chi connectivity index (χ2v) is 4.10. The second-order valence-electron chi connectivity index (χ2n) is 4.10. The van der Waals surface area contributed by atoms with E-state index in [1.165, 1.54) is 19.2 Å². The molecule has 98 valence electrons. The van der Waals surface area contributed by atoms with E-state index < -0.39 is 22.5 Å². The molecule has 6 nitrogen and oxygen atoms in total. The molecule has 1 fully saturated rings. The molecule has 3 atom stereocenters. The summed E-state index contributed by atoms with van der Waals surface area (Å²) in [7, 11) is 1.47. The van der Waals surface area contributed by atoms with Crippen LogP contribution in [0.4, 0.5) is 10.1 Å². The molecule has 1 aliphatic carbocycles. The molecule has 0 amide bonds. The number of halogens is 1. The zero-order valence-corrected chi connectivity index (χ0v) is 9.71. The maximum Gasteiger partial charge on any atom is 0.314 e. The van der Waals surface area contributed by atoms with Gasteiger partial charge in [-0.05, 0) is 6.07 Å². The fraction of sp³-hybridized carbons (Fsp3) is 0.455. The van der Waals surface area contributed by atoms with Crippen LogP contribution in [0.25, 0.3) is 0 Å². The van der Waals surface area contributed by atoms with Crippen LogP contribution in [-0.4, -0.2) is 30.3 Å². The summed E-state index contributed by atoms with van der Waals surface area (Å²) >= 11 is 0. The fourth-order valence-corrected chi connectivity index (χ4v) is 1.97. The third-order valence-electron chi connectivity index (χ3n) is 2.98. The molecule has 2 N–H and O–H groups in total. The van der Waals surface area contributed by atoms with Crippen molar-refractivity contribution in [2.75, 3.05) is 7.11 Å². The first-order valence-electron chi connectivity index (χ1n) is 5.42. The molecule has 2 rings (SSSR count). The minimum Gasteiger partial charge on any atom is -0.479 e. The van der Waals surface area contributed by atoms with Crippen molar-refractivity contribution in [2.24, 2.45) is 5.73 Å². The van der Waals surface area contributed by atoms with Crippen molar-refractivity contribution >= 4 is 5.69 Å². The average molecular weight is 256 g/mol. The molecule has 1 saturated carbocycles. The summed E-state index contributed by atoms with van der Waals surface area (Å²) < 4.78 is 24.0. The van der Waals surface area contributed by atoms with Gasteiger partial charge in [0.25, 0.3) is 0 Å². The molecule has 1 aromatic carbocycles. The Labute approximate surface area is 103 Å². The number of benzene rings is 1. The lowest BCUT2D eigenvalue weighted by molar-refractivity contribution is -0.386. The molecule has 0 saturated heterocycles. The van der Waals surface area contributed by atoms with E-state index in [4.69, 9.17) is 15.2 Å². The first-order chi connectivity index (χ1) is 8.54. The minimum atomic E-state index is -0.764. The lowest BCUT2D eigenvalue weighted by Crippen LogP contribution is -2.59. The maximum atomic E-state index is 13.6. The van der Waals surface area contributed by atoms with Crippen LogP contribution in [0.15, 0.2) is 18.2 Å². The van der Waals surface area contributed by atoms with Crippen molar-refractivity contribution in [1.29, 1.82) is 0 Å². The number of nitro groups is 1. The number of nitrogens with zero attached hydrogens (tertiary/aromatic N) is 1. The number of rotatable bonds is 4. The Kier molecular flexibility index (Phi) is 3.44. The second kappa shape index (κ2) is 4.87. The monoisotopic (exact) mass is 256 g/mol. The summed E-state index contributed by atoms with van der Waals surface area (Å²) in [6.07, 6.45) is -0.353. The molecule has 7 heteroatoms. The summed E-state index contributed by atoms with van der Waals surface area (Å²) in [5.41, 5.74) is 5.28. The summed E-state index contributed by atoms with van der Waals surface area (Å²) in [6, 6.07) is 3.38. The number of ether oxygens (including phenoxy) is 2. The smallest absolute Gasteiger partial charge is 0.314 e. The molecule has 0 bridgehead atoms. The molecule has 0 spiro atoms. The Bertz CT molecular complexity index is 468. The van der Waals surface area contributed by atoms with E-state index in [0.29, 0.717) is 6.42 Å². The van der Waals surface area contributed by atoms with Gasteiger partial charge in [0.2, 0.25) is 5.75 Å². The van der Waals surface area contributed by atoms with Crippen molar-refractivity contribution in [2.45, 2.75) is 24.7 Å². The van der Waals surface area contributed by atoms with Gasteiger partial charge in [-0.3, -0.25) is 10.1 Å². The summed E-state index contributed by atoms with van der Waals surface area (Å²) in [5.74, 6) is -1.12. The standard InChI is InChI=1S/C11H13FN2O4/c1-17-11-7(13)5-9(11)18-10-6(12)3-2-4-8(10)14(15)16/h2-4,7,9,11H,5,13H2,1H3. The molecule has 0 aliphatic heterocycles. The van der Waals surface area contributed by atoms with E-state index in [1.54, 1.807) is 0 Å². The van der Waals surface area contributed by atoms with Gasteiger partial charge in [-0.2, -0.15) is 0 Å². The highest BCUT2D eigenvalue weighted by Gasteiger charge is 2.42. The highest BCUT2D eigenvalue weighted by molar-refractivity contribution is 5.47. The van der Waals surface area contributed by atoms with Crippen LogP contribution in [0.5, 0.6) is 5.75 Å². The van der Waals surface area contributed by atoms with Gasteiger partial charge in [0.05, 0.1) is 4.92 Å². The number of methoxy groups -OCH3 is 1. The van der Waals surface area contributed by atoms with E-state index in [2.05, 4.69) is 0 Å². The first-order valence-corrected chi connectivity index (χ1v) is 5.42. The zero-order valence-electron chi connectivity index (χ0n) is 9.71. The van der Waals surface area contributed by atoms with Crippen molar-refractivity contribution in [1.82, 2.24) is 0 Å². The highest BCUT2D eigenvalue weighted by Crippen LogP contribution is 2.34. The Balaban J connectivity index is 2.21. The van der Waals surface area contributed by atoms with Gasteiger partial charge in [-0.15, -0.1) is 0 Å². The Morgan fingerprint density at radius 1 is 1.56 bits per heavy atom. The van der Waals surface area contributed by atoms with E-state index in [1.807, 2.05) is 0 Å². The summed E-state index contributed by atoms with van der Waals surface area (Å²) in [4.78, 5) is 10.1. The van der Waals surface area contributed by atoms with Gasteiger partial charge >= 0.3 is 5.69 Å². The van der Waals surface area contributed by atoms with Crippen molar-refractivity contribution in [3.05, 3.63) is 34.1 Å². The van der Waals surface area contributed by atoms with Crippen LogP contribution in [0.3, 0.4) is 0 Å². The molecule has 18 heavy (non-hydrogen) atoms. The van der Waals surface area contributed by atoms with Gasteiger partial charge in [0.15, 0.2) is 5.82 Å². The Morgan fingerprint density at radius 3 is 2.83 bits per heavy atom. The van der Waals surface area contributed by atoms with Crippen LogP contribution < -0.4 is 10.5 Å². The molecular formula is C11H13FN2O4. The van der Waals surface area contributed by atoms with Crippen LogP contribution >= 0.6 is 0 Å². The first kappa shape index (κ1) is 12.7. The average Bonchev–Trinajstić information content (AvgIpc) is 2.30. The van der Waals surface area contributed by atoms with Gasteiger partial charge in [0, 0.05) is 25.6 Å². The van der Waals surface area contributed by atoms with Crippen LogP contribution in [-0.2, 0) is 4.74 Å². The Morgan fingerprint density at radius 2 is 2.28 bits per heavy atom. The Hall–Kier alpha value is -1.73. The molecule has 0 aromatic heterocycles. The number of para-hydroxylation sites is 1. The van der Waals surface area contributed by atoms with Crippen molar-refractivity contribution in [3.63, 3.8) is 0 Å². The van der Waals surface area contributed by atoms with Gasteiger partial charge in [0.1, 0.15) is 12.2 Å². The molecular weight excluding hydrogens is 243 g/mol. The molecule has 0 radical (unpaired) electrons. The van der Waals surface area contributed by atoms with Gasteiger partial charge in [-0.1, -0.05) is 6.07 Å². The molecule has 1 aliphatic rings. The topological polar surface area (TPSA) is 87.6 Å². The predicted molar refractivity (Wildman–Crippen MR) is 60.9 cm³/mol. The number of hydrogen-bond acceptors (Lipinski definition) is 5. The largest absolute Gasteiger partial charge is 0.479 e. The number of nitrogens with two attached hydrogens (primary N) is 1. The summed E-state index contributed by atoms with van der Waals surface area (Å²) in [6.45, 7) is 0. The maximum absolute atomic E-state index is 13.6. The number of nitro benzene ring substituents is 1. The lowest BCUT2D eigenvalue weighted by Gasteiger charge is -2.40. The third kappa shape index (κ3) is 2.14. The molecule has 3 unspecified atom stereocenters. The van der Waals surface area contributed by atoms with Crippen LogP contribution in [0.2, 0.25) is 0 Å². The molecule has 0 heterocycles. The van der Waals surface area contributed by atoms with Crippen LogP contribution in [0, 0.1) is 15.9 Å². The lowest BCUT2D eigenvalue weighted by atomic mass is 9.86. The normalized spacial score (nSPS) is 26.5. The van der Waals surface area contributed by atoms with Crippen LogP contribution in [0.1, 0.15) is 6.42 Å². The fourth-order valence-electron chi connectivity index (χ4n) is 1.97. The van der Waals surface area contributed by atoms with Crippen molar-refractivity contribution < 1.29 is 18.8 Å². The third-order valence-corrected chi connectivity index (χ3v) is 2.98. The van der Waals surface area contributed by atoms with Crippen molar-refractivity contribution in [3.8, 4) is 5.75 Å². The zero-order chi connectivity index (χ0) is 13.3. The van der Waals surface area contributed by atoms with Gasteiger partial charge in [-0.25, -0.2) is 4.39 Å². The van der Waals surface area contributed by atoms with E-state index in [0.717, 1.165) is 6.07 Å². The van der Waals surface area contributed by atoms with E-state index in [-0.39, 0.29) is 17.9 Å². The molecule has 1 aromatic rings. The highest BCUT2D eigenvalue weighted by atomic mass is 19.1. The SMILES string of the molecule is COC1C(N)CC1Oc1c(F)cccc1[N+](=O)[O-]. The minimum absolute atomic E-state index is 0.189. The van der Waals surface area contributed by atoms with E-state index >= 15 is 0 Å². The van der Waals surface area contributed by atoms with Gasteiger partial charge < -0.3 is 15.2 Å². The quantitative estimate of drug-likeness (QED) is 0.646. The number of hydrogen-bond donors (Lipinski definition) is 1. The van der Waals surface area contributed by atoms with E-state index in [9.17, 15) is 14.5 Å².